The molecule has 1 aliphatic heterocycles. The van der Waals surface area contributed by atoms with Gasteiger partial charge in [-0.1, -0.05) is 59.9 Å². The van der Waals surface area contributed by atoms with Gasteiger partial charge in [0.05, 0.1) is 35.6 Å². The molecule has 0 saturated heterocycles. The summed E-state index contributed by atoms with van der Waals surface area (Å²) in [6.45, 7) is 3.98. The van der Waals surface area contributed by atoms with Gasteiger partial charge < -0.3 is 14.2 Å². The number of thiazole rings is 1. The highest BCUT2D eigenvalue weighted by Gasteiger charge is 2.33. The van der Waals surface area contributed by atoms with Crippen LogP contribution in [-0.2, 0) is 16.1 Å². The Labute approximate surface area is 234 Å². The summed E-state index contributed by atoms with van der Waals surface area (Å²) in [6.07, 6.45) is 1.75. The Bertz CT molecular complexity index is 1760. The van der Waals surface area contributed by atoms with Crippen molar-refractivity contribution in [2.75, 3.05) is 13.7 Å². The number of aromatic nitrogens is 1. The second kappa shape index (κ2) is 11.7. The van der Waals surface area contributed by atoms with Gasteiger partial charge in [0.25, 0.3) is 5.56 Å². The van der Waals surface area contributed by atoms with Crippen molar-refractivity contribution in [1.82, 2.24) is 4.57 Å². The lowest BCUT2D eigenvalue weighted by Crippen LogP contribution is -2.39. The average Bonchev–Trinajstić information content (AvgIpc) is 3.26. The number of esters is 1. The third-order valence-corrected chi connectivity index (χ3v) is 7.41. The number of methoxy groups -OCH3 is 1. The fourth-order valence-corrected chi connectivity index (χ4v) is 5.58. The van der Waals surface area contributed by atoms with Crippen LogP contribution in [0.5, 0.6) is 11.5 Å². The summed E-state index contributed by atoms with van der Waals surface area (Å²) in [5.41, 5.74) is 2.71. The van der Waals surface area contributed by atoms with E-state index in [0.717, 1.165) is 11.1 Å². The molecule has 204 valence electrons. The highest BCUT2D eigenvalue weighted by molar-refractivity contribution is 7.07. The van der Waals surface area contributed by atoms with E-state index >= 15 is 0 Å². The molecule has 0 N–H and O–H groups in total. The first kappa shape index (κ1) is 27.1. The Kier molecular flexibility index (Phi) is 7.93. The summed E-state index contributed by atoms with van der Waals surface area (Å²) in [7, 11) is 1.56. The molecular weight excluding hydrogens is 531 g/mol. The van der Waals surface area contributed by atoms with Crippen LogP contribution in [0.1, 0.15) is 36.6 Å². The Balaban J connectivity index is 1.55. The fraction of sp³-hybridized carbons (Fsp3) is 0.194. The van der Waals surface area contributed by atoms with Gasteiger partial charge in [0.2, 0.25) is 0 Å². The SMILES string of the molecule is CCOC(=O)C1=C(C)N=c2s/c(=C\c3ccc(OCc4ccccc4)c(OC)c3)c(=O)n2[C@@H]1c1ccc(F)cc1. The van der Waals surface area contributed by atoms with Crippen molar-refractivity contribution in [2.24, 2.45) is 4.99 Å². The van der Waals surface area contributed by atoms with Crippen LogP contribution in [0.3, 0.4) is 0 Å². The number of nitrogens with zero attached hydrogens (tertiary/aromatic N) is 2. The minimum absolute atomic E-state index is 0.170. The van der Waals surface area contributed by atoms with Crippen molar-refractivity contribution in [3.05, 3.63) is 126 Å². The number of carbonyl (C=O) groups is 1. The lowest BCUT2D eigenvalue weighted by molar-refractivity contribution is -0.139. The fourth-order valence-electron chi connectivity index (χ4n) is 4.53. The van der Waals surface area contributed by atoms with Gasteiger partial charge in [-0.2, -0.15) is 0 Å². The number of hydrogen-bond acceptors (Lipinski definition) is 7. The number of halogens is 1. The first-order valence-corrected chi connectivity index (χ1v) is 13.5. The maximum absolute atomic E-state index is 13.8. The van der Waals surface area contributed by atoms with Crippen LogP contribution in [0, 0.1) is 5.82 Å². The molecule has 7 nitrogen and oxygen atoms in total. The number of fused-ring (bicyclic) bond motifs is 1. The molecule has 0 spiro atoms. The first-order chi connectivity index (χ1) is 19.4. The van der Waals surface area contributed by atoms with E-state index < -0.39 is 17.8 Å². The third kappa shape index (κ3) is 5.46. The Morgan fingerprint density at radius 2 is 1.82 bits per heavy atom. The zero-order chi connectivity index (χ0) is 28.2. The van der Waals surface area contributed by atoms with Gasteiger partial charge in [-0.25, -0.2) is 14.2 Å². The van der Waals surface area contributed by atoms with Crippen LogP contribution in [-0.4, -0.2) is 24.3 Å². The number of benzene rings is 3. The largest absolute Gasteiger partial charge is 0.493 e. The van der Waals surface area contributed by atoms with Crippen LogP contribution < -0.4 is 24.4 Å². The standard InChI is InChI=1S/C31H27FN2O5S/c1-4-38-30(36)27-19(2)33-31-34(28(27)22-11-13-23(32)14-12-22)29(35)26(40-31)17-21-10-15-24(25(16-21)37-3)39-18-20-8-6-5-7-9-20/h5-17,28H,4,18H2,1-3H3/b26-17-/t28-/m1/s1. The van der Waals surface area contributed by atoms with Gasteiger partial charge in [-0.15, -0.1) is 0 Å². The summed E-state index contributed by atoms with van der Waals surface area (Å²) in [5, 5.41) is 0. The minimum atomic E-state index is -0.804. The Morgan fingerprint density at radius 3 is 2.52 bits per heavy atom. The summed E-state index contributed by atoms with van der Waals surface area (Å²) < 4.78 is 32.4. The van der Waals surface area contributed by atoms with E-state index in [-0.39, 0.29) is 17.7 Å². The highest BCUT2D eigenvalue weighted by atomic mass is 32.1. The maximum Gasteiger partial charge on any atom is 0.338 e. The van der Waals surface area contributed by atoms with Crippen molar-refractivity contribution >= 4 is 23.4 Å². The van der Waals surface area contributed by atoms with E-state index in [0.29, 0.717) is 38.7 Å². The normalized spacial score (nSPS) is 14.9. The molecule has 0 unspecified atom stereocenters. The van der Waals surface area contributed by atoms with Gasteiger partial charge in [0, 0.05) is 0 Å². The van der Waals surface area contributed by atoms with Crippen LogP contribution in [0.2, 0.25) is 0 Å². The van der Waals surface area contributed by atoms with Gasteiger partial charge >= 0.3 is 5.97 Å². The lowest BCUT2D eigenvalue weighted by atomic mass is 9.96. The average molecular weight is 559 g/mol. The van der Waals surface area contributed by atoms with Crippen LogP contribution in [0.25, 0.3) is 6.08 Å². The zero-order valence-electron chi connectivity index (χ0n) is 22.2. The monoisotopic (exact) mass is 558 g/mol. The number of hydrogen-bond donors (Lipinski definition) is 0. The molecule has 3 aromatic carbocycles. The third-order valence-electron chi connectivity index (χ3n) is 6.43. The molecule has 1 aliphatic rings. The van der Waals surface area contributed by atoms with E-state index in [1.165, 1.54) is 28.0 Å². The minimum Gasteiger partial charge on any atom is -0.493 e. The molecule has 40 heavy (non-hydrogen) atoms. The molecule has 0 fully saturated rings. The molecule has 1 aromatic heterocycles. The molecule has 0 amide bonds. The molecule has 0 bridgehead atoms. The predicted molar refractivity (Wildman–Crippen MR) is 151 cm³/mol. The van der Waals surface area contributed by atoms with Crippen molar-refractivity contribution < 1.29 is 23.4 Å². The molecule has 0 radical (unpaired) electrons. The topological polar surface area (TPSA) is 79.1 Å². The van der Waals surface area contributed by atoms with Gasteiger partial charge in [0.1, 0.15) is 12.4 Å². The van der Waals surface area contributed by atoms with Crippen molar-refractivity contribution in [3.8, 4) is 11.5 Å². The van der Waals surface area contributed by atoms with Crippen molar-refractivity contribution in [3.63, 3.8) is 0 Å². The molecule has 0 aliphatic carbocycles. The molecule has 0 saturated carbocycles. The van der Waals surface area contributed by atoms with E-state index in [9.17, 15) is 14.0 Å². The number of carbonyl (C=O) groups excluding carboxylic acids is 1. The van der Waals surface area contributed by atoms with E-state index in [1.54, 1.807) is 51.3 Å². The van der Waals surface area contributed by atoms with E-state index in [1.807, 2.05) is 36.4 Å². The summed E-state index contributed by atoms with van der Waals surface area (Å²) in [5.74, 6) is 0.126. The van der Waals surface area contributed by atoms with Crippen molar-refractivity contribution in [2.45, 2.75) is 26.5 Å². The molecule has 5 rings (SSSR count). The number of allylic oxidation sites excluding steroid dienone is 1. The summed E-state index contributed by atoms with van der Waals surface area (Å²) in [6, 6.07) is 20.2. The summed E-state index contributed by atoms with van der Waals surface area (Å²) >= 11 is 1.21. The maximum atomic E-state index is 13.8. The van der Waals surface area contributed by atoms with Gasteiger partial charge in [0.15, 0.2) is 16.3 Å². The second-order valence-electron chi connectivity index (χ2n) is 9.04. The van der Waals surface area contributed by atoms with E-state index in [4.69, 9.17) is 14.2 Å². The predicted octanol–water partition coefficient (Wildman–Crippen LogP) is 4.53. The van der Waals surface area contributed by atoms with E-state index in [2.05, 4.69) is 4.99 Å². The van der Waals surface area contributed by atoms with Crippen LogP contribution in [0.4, 0.5) is 4.39 Å². The molecule has 4 aromatic rings. The molecule has 9 heteroatoms. The smallest absolute Gasteiger partial charge is 0.338 e. The molecule has 1 atom stereocenters. The molecule has 2 heterocycles. The number of rotatable bonds is 8. The first-order valence-electron chi connectivity index (χ1n) is 12.7. The second-order valence-corrected chi connectivity index (χ2v) is 10.0. The van der Waals surface area contributed by atoms with Crippen LogP contribution in [0.15, 0.2) is 93.9 Å². The zero-order valence-corrected chi connectivity index (χ0v) is 23.0. The van der Waals surface area contributed by atoms with Crippen molar-refractivity contribution in [1.29, 1.82) is 0 Å². The Morgan fingerprint density at radius 1 is 1.07 bits per heavy atom. The molecular formula is C31H27FN2O5S. The summed E-state index contributed by atoms with van der Waals surface area (Å²) in [4.78, 5) is 31.7. The van der Waals surface area contributed by atoms with Crippen LogP contribution >= 0.6 is 11.3 Å². The Hall–Kier alpha value is -4.50. The lowest BCUT2D eigenvalue weighted by Gasteiger charge is -2.24. The number of ether oxygens (including phenoxy) is 3. The van der Waals surface area contributed by atoms with Gasteiger partial charge in [-0.05, 0) is 60.9 Å². The quantitative estimate of drug-likeness (QED) is 0.297. The van der Waals surface area contributed by atoms with Gasteiger partial charge in [-0.3, -0.25) is 9.36 Å². The highest BCUT2D eigenvalue weighted by Crippen LogP contribution is 2.31.